The number of unbranched alkanes of at least 4 members (excludes halogenated alkanes) is 2. The molecule has 2 aliphatic carbocycles. The predicted molar refractivity (Wildman–Crippen MR) is 141 cm³/mol. The third-order valence-electron chi connectivity index (χ3n) is 7.51. The quantitative estimate of drug-likeness (QED) is 0.264. The van der Waals surface area contributed by atoms with Crippen molar-refractivity contribution in [3.63, 3.8) is 0 Å². The van der Waals surface area contributed by atoms with Crippen molar-refractivity contribution in [2.45, 2.75) is 73.5 Å². The van der Waals surface area contributed by atoms with Gasteiger partial charge >= 0.3 is 208 Å². The molecular weight excluding hydrogens is 476 g/mol. The zero-order valence-electron chi connectivity index (χ0n) is 20.7. The first kappa shape index (κ1) is 24.4. The molecule has 0 nitrogen and oxygen atoms in total. The third kappa shape index (κ3) is 5.86. The van der Waals surface area contributed by atoms with Gasteiger partial charge in [-0.2, -0.15) is 0 Å². The van der Waals surface area contributed by atoms with Crippen molar-refractivity contribution in [1.82, 2.24) is 0 Å². The molecule has 0 radical (unpaired) electrons. The van der Waals surface area contributed by atoms with Crippen LogP contribution in [0.3, 0.4) is 0 Å². The molecule has 0 heterocycles. The van der Waals surface area contributed by atoms with Gasteiger partial charge in [0.1, 0.15) is 0 Å². The van der Waals surface area contributed by atoms with Gasteiger partial charge in [0.15, 0.2) is 0 Å². The molecule has 0 aromatic heterocycles. The summed E-state index contributed by atoms with van der Waals surface area (Å²) < 4.78 is 6.39. The molecule has 2 aromatic rings. The van der Waals surface area contributed by atoms with E-state index in [1.807, 2.05) is 6.56 Å². The normalized spacial score (nSPS) is 15.8. The molecule has 0 amide bonds. The van der Waals surface area contributed by atoms with Crippen molar-refractivity contribution in [3.8, 4) is 0 Å². The number of hydrogen-bond acceptors (Lipinski definition) is 0. The number of benzene rings is 2. The predicted octanol–water partition coefficient (Wildman–Crippen LogP) is 9.35. The molecule has 1 heteroatoms. The van der Waals surface area contributed by atoms with Crippen molar-refractivity contribution >= 4 is 0 Å². The fraction of sp³-hybridized carbons (Fsp3) is 0.375. The van der Waals surface area contributed by atoms with Crippen LogP contribution in [-0.4, -0.2) is 0 Å². The molecule has 0 saturated carbocycles. The van der Waals surface area contributed by atoms with Crippen LogP contribution in [-0.2, 0) is 28.5 Å². The Morgan fingerprint density at radius 3 is 1.42 bits per heavy atom. The zero-order valence-corrected chi connectivity index (χ0v) is 23.1. The van der Waals surface area contributed by atoms with Crippen molar-refractivity contribution in [1.29, 1.82) is 0 Å². The van der Waals surface area contributed by atoms with E-state index in [0.29, 0.717) is 0 Å². The molecule has 2 aromatic carbocycles. The Kier molecular flexibility index (Phi) is 8.97. The van der Waals surface area contributed by atoms with Gasteiger partial charge in [0.25, 0.3) is 0 Å². The van der Waals surface area contributed by atoms with Crippen molar-refractivity contribution in [2.24, 2.45) is 0 Å². The summed E-state index contributed by atoms with van der Waals surface area (Å²) in [6.07, 6.45) is 20.0. The summed E-state index contributed by atoms with van der Waals surface area (Å²) in [7, 11) is 0. The zero-order chi connectivity index (χ0) is 22.9. The molecule has 0 unspecified atom stereocenters. The van der Waals surface area contributed by atoms with Crippen LogP contribution in [0.25, 0.3) is 0 Å². The minimum absolute atomic E-state index is 1.19. The number of allylic oxidation sites excluding steroid dienone is 8. The average molecular weight is 516 g/mol. The Labute approximate surface area is 206 Å². The molecule has 0 fully saturated rings. The van der Waals surface area contributed by atoms with Gasteiger partial charge in [-0.3, -0.25) is 0 Å². The van der Waals surface area contributed by atoms with E-state index in [1.54, 1.807) is 22.3 Å². The van der Waals surface area contributed by atoms with E-state index in [1.165, 1.54) is 59.6 Å². The molecule has 0 atom stereocenters. The van der Waals surface area contributed by atoms with Gasteiger partial charge < -0.3 is 0 Å². The van der Waals surface area contributed by atoms with Gasteiger partial charge in [0, 0.05) is 0 Å². The van der Waals surface area contributed by atoms with E-state index in [-0.39, 0.29) is 0 Å². The molecule has 2 aliphatic rings. The van der Waals surface area contributed by atoms with Crippen LogP contribution in [0.4, 0.5) is 0 Å². The SMILES string of the molecule is CCCCC1=[C]([Zr]([CH2]c2ccccc2)([CH2]c2ccccc2)[C]2=C(CCCC)C=CC2)CC=C1. The minimum atomic E-state index is -3.05. The van der Waals surface area contributed by atoms with Gasteiger partial charge in [0.05, 0.1) is 0 Å². The summed E-state index contributed by atoms with van der Waals surface area (Å²) in [5, 5.41) is 0. The summed E-state index contributed by atoms with van der Waals surface area (Å²) in [5.74, 6) is 0. The van der Waals surface area contributed by atoms with Crippen molar-refractivity contribution in [3.05, 3.63) is 114 Å². The first-order valence-corrected chi connectivity index (χ1v) is 19.1. The van der Waals surface area contributed by atoms with Crippen molar-refractivity contribution < 1.29 is 20.3 Å². The Hall–Kier alpha value is -1.72. The van der Waals surface area contributed by atoms with Gasteiger partial charge in [0.2, 0.25) is 0 Å². The van der Waals surface area contributed by atoms with E-state index in [4.69, 9.17) is 0 Å². The fourth-order valence-corrected chi connectivity index (χ4v) is 20.3. The Bertz CT molecular complexity index is 935. The fourth-order valence-electron chi connectivity index (χ4n) is 5.87. The Morgan fingerprint density at radius 1 is 0.606 bits per heavy atom. The van der Waals surface area contributed by atoms with Crippen LogP contribution in [0.2, 0.25) is 0 Å². The van der Waals surface area contributed by atoms with E-state index in [0.717, 1.165) is 0 Å². The van der Waals surface area contributed by atoms with Crippen LogP contribution >= 0.6 is 0 Å². The van der Waals surface area contributed by atoms with E-state index < -0.39 is 20.3 Å². The summed E-state index contributed by atoms with van der Waals surface area (Å²) in [6, 6.07) is 22.9. The van der Waals surface area contributed by atoms with Crippen LogP contribution < -0.4 is 0 Å². The van der Waals surface area contributed by atoms with Crippen LogP contribution in [0.1, 0.15) is 76.3 Å². The van der Waals surface area contributed by atoms with Crippen molar-refractivity contribution in [2.75, 3.05) is 0 Å². The van der Waals surface area contributed by atoms with E-state index in [2.05, 4.69) is 98.8 Å². The first-order valence-electron chi connectivity index (χ1n) is 13.1. The molecule has 0 spiro atoms. The summed E-state index contributed by atoms with van der Waals surface area (Å²) in [4.78, 5) is 0. The third-order valence-corrected chi connectivity index (χ3v) is 20.7. The molecule has 33 heavy (non-hydrogen) atoms. The maximum absolute atomic E-state index is 3.05. The molecule has 0 saturated heterocycles. The van der Waals surface area contributed by atoms with Crippen LogP contribution in [0.15, 0.2) is 103 Å². The second-order valence-corrected chi connectivity index (χ2v) is 19.9. The summed E-state index contributed by atoms with van der Waals surface area (Å²) in [6.45, 7) is 4.66. The second kappa shape index (κ2) is 12.1. The van der Waals surface area contributed by atoms with Gasteiger partial charge in [-0.1, -0.05) is 0 Å². The summed E-state index contributed by atoms with van der Waals surface area (Å²) >= 11 is -3.05. The van der Waals surface area contributed by atoms with Gasteiger partial charge in [-0.25, -0.2) is 0 Å². The molecule has 0 N–H and O–H groups in total. The number of hydrogen-bond donors (Lipinski definition) is 0. The van der Waals surface area contributed by atoms with Crippen LogP contribution in [0, 0.1) is 0 Å². The number of rotatable bonds is 12. The Balaban J connectivity index is 1.89. The molecule has 172 valence electrons. The molecule has 0 bridgehead atoms. The standard InChI is InChI=1S/2C9H13.2C7H7.Zr/c2*1-2-3-6-9-7-4-5-8-9;2*1-7-5-3-2-4-6-7;/h2*4,7H,2-3,5-6H2,1H3;2*2-6H,1H2;. The average Bonchev–Trinajstić information content (AvgIpc) is 3.52. The second-order valence-electron chi connectivity index (χ2n) is 9.83. The topological polar surface area (TPSA) is 0 Å². The van der Waals surface area contributed by atoms with Gasteiger partial charge in [-0.15, -0.1) is 0 Å². The Morgan fingerprint density at radius 2 is 1.03 bits per heavy atom. The van der Waals surface area contributed by atoms with Crippen LogP contribution in [0.5, 0.6) is 0 Å². The van der Waals surface area contributed by atoms with E-state index in [9.17, 15) is 0 Å². The monoisotopic (exact) mass is 514 g/mol. The molecule has 4 rings (SSSR count). The maximum atomic E-state index is 2.50. The first-order chi connectivity index (χ1) is 16.3. The molecular formula is C32H40Zr. The summed E-state index contributed by atoms with van der Waals surface area (Å²) in [5.41, 5.74) is 6.50. The van der Waals surface area contributed by atoms with Gasteiger partial charge in [-0.05, 0) is 0 Å². The van der Waals surface area contributed by atoms with E-state index >= 15 is 0 Å². The molecule has 0 aliphatic heterocycles.